The van der Waals surface area contributed by atoms with Crippen molar-refractivity contribution in [2.75, 3.05) is 5.32 Å². The minimum atomic E-state index is -0.875. The highest BCUT2D eigenvalue weighted by molar-refractivity contribution is 6.30. The highest BCUT2D eigenvalue weighted by Crippen LogP contribution is 2.63. The summed E-state index contributed by atoms with van der Waals surface area (Å²) in [6.07, 6.45) is 5.11. The minimum Gasteiger partial charge on any atom is -0.481 e. The van der Waals surface area contributed by atoms with Gasteiger partial charge in [-0.3, -0.25) is 9.59 Å². The lowest BCUT2D eigenvalue weighted by Crippen LogP contribution is -2.48. The molecule has 0 unspecified atom stereocenters. The van der Waals surface area contributed by atoms with E-state index in [2.05, 4.69) is 11.4 Å². The van der Waals surface area contributed by atoms with Crippen molar-refractivity contribution >= 4 is 29.2 Å². The van der Waals surface area contributed by atoms with Crippen LogP contribution in [0.5, 0.6) is 11.5 Å². The number of ether oxygens (including phenoxy) is 1. The van der Waals surface area contributed by atoms with E-state index in [1.54, 1.807) is 36.4 Å². The predicted octanol–water partition coefficient (Wildman–Crippen LogP) is 4.84. The molecule has 148 valence electrons. The summed E-state index contributed by atoms with van der Waals surface area (Å²) in [6.45, 7) is 0. The smallest absolute Gasteiger partial charge is 0.307 e. The zero-order chi connectivity index (χ0) is 20.1. The second-order valence-electron chi connectivity index (χ2n) is 8.07. The Labute approximate surface area is 173 Å². The van der Waals surface area contributed by atoms with E-state index in [0.717, 1.165) is 6.42 Å². The van der Waals surface area contributed by atoms with Gasteiger partial charge >= 0.3 is 5.97 Å². The average Bonchev–Trinajstić information content (AvgIpc) is 3.51. The van der Waals surface area contributed by atoms with Crippen molar-refractivity contribution in [2.24, 2.45) is 35.5 Å². The monoisotopic (exact) mass is 409 g/mol. The summed E-state index contributed by atoms with van der Waals surface area (Å²) >= 11 is 5.97. The van der Waals surface area contributed by atoms with Crippen molar-refractivity contribution in [1.82, 2.24) is 0 Å². The SMILES string of the molecule is O=C(O)[C@H]1[C@@H]2C=C[C@@H]([C@H]3C[C@H]23)[C@@H]1C(=O)Nc1ccc(Oc2cccc(Cl)c2)cc1. The number of nitrogens with one attached hydrogen (secondary N) is 1. The number of carbonyl (C=O) groups is 2. The first-order valence-electron chi connectivity index (χ1n) is 9.77. The molecule has 0 aromatic heterocycles. The number of anilines is 1. The molecule has 2 aromatic carbocycles. The van der Waals surface area contributed by atoms with Gasteiger partial charge in [0.25, 0.3) is 0 Å². The van der Waals surface area contributed by atoms with E-state index in [0.29, 0.717) is 34.0 Å². The molecule has 2 bridgehead atoms. The lowest BCUT2D eigenvalue weighted by molar-refractivity contribution is -0.152. The van der Waals surface area contributed by atoms with Gasteiger partial charge in [0.05, 0.1) is 11.8 Å². The summed E-state index contributed by atoms with van der Waals surface area (Å²) in [5.41, 5.74) is 0.621. The van der Waals surface area contributed by atoms with E-state index >= 15 is 0 Å². The highest BCUT2D eigenvalue weighted by Gasteiger charge is 2.62. The fourth-order valence-corrected chi connectivity index (χ4v) is 5.25. The molecule has 2 aromatic rings. The number of hydrogen-bond acceptors (Lipinski definition) is 3. The van der Waals surface area contributed by atoms with Crippen LogP contribution in [0.3, 0.4) is 0 Å². The van der Waals surface area contributed by atoms with E-state index in [1.165, 1.54) is 0 Å². The molecular formula is C23H20ClNO4. The molecule has 5 nitrogen and oxygen atoms in total. The molecule has 4 aliphatic carbocycles. The van der Waals surface area contributed by atoms with Crippen molar-refractivity contribution in [3.63, 3.8) is 0 Å². The first-order chi connectivity index (χ1) is 14.0. The molecule has 29 heavy (non-hydrogen) atoms. The molecule has 4 aliphatic rings. The van der Waals surface area contributed by atoms with Gasteiger partial charge in [0.15, 0.2) is 0 Å². The van der Waals surface area contributed by atoms with Crippen molar-refractivity contribution in [1.29, 1.82) is 0 Å². The topological polar surface area (TPSA) is 75.6 Å². The van der Waals surface area contributed by atoms with Crippen LogP contribution in [0, 0.1) is 35.5 Å². The number of allylic oxidation sites excluding steroid dienone is 2. The Morgan fingerprint density at radius 2 is 1.66 bits per heavy atom. The Bertz CT molecular complexity index is 1000. The molecule has 6 rings (SSSR count). The van der Waals surface area contributed by atoms with Crippen LogP contribution >= 0.6 is 11.6 Å². The Morgan fingerprint density at radius 3 is 2.31 bits per heavy atom. The van der Waals surface area contributed by atoms with Gasteiger partial charge in [-0.1, -0.05) is 29.8 Å². The lowest BCUT2D eigenvalue weighted by atomic mass is 9.62. The number of halogens is 1. The normalized spacial score (nSPS) is 31.1. The summed E-state index contributed by atoms with van der Waals surface area (Å²) in [5, 5.41) is 13.2. The molecule has 1 amide bonds. The van der Waals surface area contributed by atoms with Gasteiger partial charge in [-0.2, -0.15) is 0 Å². The van der Waals surface area contributed by atoms with Gasteiger partial charge in [-0.25, -0.2) is 0 Å². The Kier molecular flexibility index (Phi) is 4.36. The second kappa shape index (κ2) is 6.92. The molecule has 2 saturated carbocycles. The summed E-state index contributed by atoms with van der Waals surface area (Å²) in [5.74, 6) is -0.0959. The number of carbonyl (C=O) groups excluding carboxylic acids is 1. The van der Waals surface area contributed by atoms with Crippen molar-refractivity contribution in [2.45, 2.75) is 6.42 Å². The molecule has 0 heterocycles. The van der Waals surface area contributed by atoms with E-state index in [9.17, 15) is 14.7 Å². The molecule has 6 heteroatoms. The first-order valence-corrected chi connectivity index (χ1v) is 10.1. The van der Waals surface area contributed by atoms with E-state index in [4.69, 9.17) is 16.3 Å². The molecule has 2 N–H and O–H groups in total. The third kappa shape index (κ3) is 3.29. The Morgan fingerprint density at radius 1 is 0.966 bits per heavy atom. The standard InChI is InChI=1S/C23H20ClNO4/c24-12-2-1-3-15(10-12)29-14-6-4-13(5-7-14)25-22(26)20-16-8-9-17(19-11-18(16)19)21(20)23(27)28/h1-10,16-21H,11H2,(H,25,26)(H,27,28)/t16-,17+,18+,19+,20-,21-/m0/s1. The van der Waals surface area contributed by atoms with Crippen LogP contribution in [0.15, 0.2) is 60.7 Å². The van der Waals surface area contributed by atoms with Crippen LogP contribution in [0.2, 0.25) is 5.02 Å². The van der Waals surface area contributed by atoms with Crippen molar-refractivity contribution in [3.05, 3.63) is 65.7 Å². The maximum atomic E-state index is 13.0. The molecule has 0 spiro atoms. The fourth-order valence-electron chi connectivity index (χ4n) is 5.07. The quantitative estimate of drug-likeness (QED) is 0.693. The molecule has 0 radical (unpaired) electrons. The second-order valence-corrected chi connectivity index (χ2v) is 8.50. The minimum absolute atomic E-state index is 0.0216. The number of aliphatic carboxylic acids is 1. The zero-order valence-corrected chi connectivity index (χ0v) is 16.3. The van der Waals surface area contributed by atoms with Gasteiger partial charge in [-0.15, -0.1) is 0 Å². The molecular weight excluding hydrogens is 390 g/mol. The lowest BCUT2D eigenvalue weighted by Gasteiger charge is -2.41. The van der Waals surface area contributed by atoms with Gasteiger partial charge in [0, 0.05) is 10.7 Å². The maximum Gasteiger partial charge on any atom is 0.307 e. The molecule has 0 saturated heterocycles. The van der Waals surface area contributed by atoms with Gasteiger partial charge in [0.1, 0.15) is 11.5 Å². The summed E-state index contributed by atoms with van der Waals surface area (Å²) in [4.78, 5) is 24.9. The van der Waals surface area contributed by atoms with Crippen LogP contribution in [-0.2, 0) is 9.59 Å². The number of rotatable bonds is 5. The number of hydrogen-bond donors (Lipinski definition) is 2. The van der Waals surface area contributed by atoms with E-state index < -0.39 is 17.8 Å². The van der Waals surface area contributed by atoms with Crippen LogP contribution in [0.25, 0.3) is 0 Å². The Balaban J connectivity index is 1.29. The van der Waals surface area contributed by atoms with Gasteiger partial charge in [0.2, 0.25) is 5.91 Å². The van der Waals surface area contributed by atoms with Crippen molar-refractivity contribution < 1.29 is 19.4 Å². The Hall–Kier alpha value is -2.79. The zero-order valence-electron chi connectivity index (χ0n) is 15.5. The fraction of sp³-hybridized carbons (Fsp3) is 0.304. The highest BCUT2D eigenvalue weighted by atomic mass is 35.5. The van der Waals surface area contributed by atoms with E-state index in [1.807, 2.05) is 18.2 Å². The summed E-state index contributed by atoms with van der Waals surface area (Å²) in [7, 11) is 0. The number of benzene rings is 2. The van der Waals surface area contributed by atoms with Crippen LogP contribution in [-0.4, -0.2) is 17.0 Å². The van der Waals surface area contributed by atoms with Crippen LogP contribution in [0.1, 0.15) is 6.42 Å². The largest absolute Gasteiger partial charge is 0.481 e. The molecule has 6 atom stereocenters. The number of fused-ring (bicyclic) bond motifs is 1. The van der Waals surface area contributed by atoms with Crippen molar-refractivity contribution in [3.8, 4) is 11.5 Å². The summed E-state index contributed by atoms with van der Waals surface area (Å²) in [6, 6.07) is 14.1. The van der Waals surface area contributed by atoms with Gasteiger partial charge in [-0.05, 0) is 72.6 Å². The third-order valence-corrected chi connectivity index (χ3v) is 6.63. The first kappa shape index (κ1) is 18.3. The van der Waals surface area contributed by atoms with Crippen LogP contribution < -0.4 is 10.1 Å². The number of amides is 1. The average molecular weight is 410 g/mol. The van der Waals surface area contributed by atoms with E-state index in [-0.39, 0.29) is 17.7 Å². The number of carboxylic acids is 1. The summed E-state index contributed by atoms with van der Waals surface area (Å²) < 4.78 is 5.76. The van der Waals surface area contributed by atoms with Crippen LogP contribution in [0.4, 0.5) is 5.69 Å². The van der Waals surface area contributed by atoms with Gasteiger partial charge < -0.3 is 15.2 Å². The maximum absolute atomic E-state index is 13.0. The molecule has 0 aliphatic heterocycles. The number of carboxylic acid groups (broad SMARTS) is 1. The predicted molar refractivity (Wildman–Crippen MR) is 109 cm³/mol. The third-order valence-electron chi connectivity index (χ3n) is 6.39. The molecule has 2 fully saturated rings.